The third-order valence-corrected chi connectivity index (χ3v) is 4.19. The maximum Gasteiger partial charge on any atom is 0.338 e. The summed E-state index contributed by atoms with van der Waals surface area (Å²) in [6.45, 7) is 7.42. The summed E-state index contributed by atoms with van der Waals surface area (Å²) < 4.78 is 16.2. The fourth-order valence-electron chi connectivity index (χ4n) is 3.04. The number of hydrogen-bond acceptors (Lipinski definition) is 6. The van der Waals surface area contributed by atoms with E-state index in [0.29, 0.717) is 23.5 Å². The highest BCUT2D eigenvalue weighted by atomic mass is 16.5. The largest absolute Gasteiger partial charge is 0.481 e. The number of terminal acetylenes is 1. The van der Waals surface area contributed by atoms with Crippen LogP contribution in [0.15, 0.2) is 53.6 Å². The van der Waals surface area contributed by atoms with Crippen molar-refractivity contribution in [3.63, 3.8) is 0 Å². The molecule has 28 heavy (non-hydrogen) atoms. The molecule has 1 atom stereocenters. The van der Waals surface area contributed by atoms with E-state index in [1.807, 2.05) is 6.07 Å². The molecule has 0 bridgehead atoms. The van der Waals surface area contributed by atoms with Crippen LogP contribution in [0.2, 0.25) is 0 Å². The van der Waals surface area contributed by atoms with E-state index in [1.165, 1.54) is 0 Å². The Kier molecular flexibility index (Phi) is 6.90. The predicted octanol–water partition coefficient (Wildman–Crippen LogP) is 3.07. The van der Waals surface area contributed by atoms with Crippen molar-refractivity contribution in [3.8, 4) is 24.2 Å². The van der Waals surface area contributed by atoms with Crippen LogP contribution in [0, 0.1) is 23.7 Å². The number of nitriles is 1. The number of nitrogens with two attached hydrogens (primary N) is 1. The van der Waals surface area contributed by atoms with Gasteiger partial charge < -0.3 is 19.9 Å². The van der Waals surface area contributed by atoms with Gasteiger partial charge in [-0.3, -0.25) is 0 Å². The lowest BCUT2D eigenvalue weighted by molar-refractivity contribution is -0.139. The lowest BCUT2D eigenvalue weighted by Crippen LogP contribution is -2.25. The summed E-state index contributed by atoms with van der Waals surface area (Å²) in [5, 5.41) is 9.65. The minimum absolute atomic E-state index is 0.0315. The lowest BCUT2D eigenvalue weighted by Gasteiger charge is -2.27. The molecule has 1 heterocycles. The molecule has 0 aromatic heterocycles. The smallest absolute Gasteiger partial charge is 0.338 e. The molecule has 0 saturated heterocycles. The first kappa shape index (κ1) is 20.7. The molecule has 144 valence electrons. The van der Waals surface area contributed by atoms with Crippen molar-refractivity contribution < 1.29 is 19.0 Å². The maximum atomic E-state index is 12.6. The van der Waals surface area contributed by atoms with Gasteiger partial charge in [0.05, 0.1) is 18.1 Å². The zero-order chi connectivity index (χ0) is 20.7. The second kappa shape index (κ2) is 9.34. The van der Waals surface area contributed by atoms with E-state index < -0.39 is 11.9 Å². The molecule has 6 heteroatoms. The van der Waals surface area contributed by atoms with Gasteiger partial charge in [-0.2, -0.15) is 5.26 Å². The van der Waals surface area contributed by atoms with Crippen molar-refractivity contribution in [2.24, 2.45) is 5.73 Å². The molecule has 1 unspecified atom stereocenters. The van der Waals surface area contributed by atoms with Gasteiger partial charge in [-0.25, -0.2) is 4.79 Å². The number of nitrogens with zero attached hydrogens (tertiary/aromatic N) is 1. The van der Waals surface area contributed by atoms with Crippen LogP contribution in [0.4, 0.5) is 0 Å². The lowest BCUT2D eigenvalue weighted by atomic mass is 9.82. The first-order valence-electron chi connectivity index (χ1n) is 8.73. The first-order valence-corrected chi connectivity index (χ1v) is 8.73. The van der Waals surface area contributed by atoms with Crippen LogP contribution in [0.5, 0.6) is 5.75 Å². The second-order valence-corrected chi connectivity index (χ2v) is 5.97. The molecule has 6 nitrogen and oxygen atoms in total. The van der Waals surface area contributed by atoms with Crippen molar-refractivity contribution in [1.29, 1.82) is 5.26 Å². The predicted molar refractivity (Wildman–Crippen MR) is 105 cm³/mol. The normalized spacial score (nSPS) is 15.9. The number of esters is 1. The van der Waals surface area contributed by atoms with E-state index >= 15 is 0 Å². The van der Waals surface area contributed by atoms with Crippen LogP contribution in [-0.4, -0.2) is 19.2 Å². The van der Waals surface area contributed by atoms with E-state index in [-0.39, 0.29) is 30.2 Å². The minimum Gasteiger partial charge on any atom is -0.481 e. The van der Waals surface area contributed by atoms with Crippen LogP contribution in [0.1, 0.15) is 30.9 Å². The molecule has 2 rings (SSSR count). The zero-order valence-electron chi connectivity index (χ0n) is 16.0. The Morgan fingerprint density at radius 3 is 2.86 bits per heavy atom. The van der Waals surface area contributed by atoms with Gasteiger partial charge in [0.2, 0.25) is 5.88 Å². The zero-order valence-corrected chi connectivity index (χ0v) is 16.0. The molecule has 0 aliphatic carbocycles. The molecule has 0 amide bonds. The van der Waals surface area contributed by atoms with E-state index in [1.54, 1.807) is 32.1 Å². The first-order chi connectivity index (χ1) is 13.5. The quantitative estimate of drug-likeness (QED) is 0.445. The Bertz CT molecular complexity index is 929. The molecule has 1 aliphatic heterocycles. The van der Waals surface area contributed by atoms with Gasteiger partial charge in [-0.15, -0.1) is 13.0 Å². The number of hydrogen-bond donors (Lipinski definition) is 1. The summed E-state index contributed by atoms with van der Waals surface area (Å²) in [5.41, 5.74) is 7.83. The fourth-order valence-corrected chi connectivity index (χ4v) is 3.04. The Balaban J connectivity index is 2.62. The molecule has 0 saturated carbocycles. The molecule has 1 aromatic rings. The highest BCUT2D eigenvalue weighted by Crippen LogP contribution is 2.40. The van der Waals surface area contributed by atoms with Crippen LogP contribution in [0.3, 0.4) is 0 Å². The van der Waals surface area contributed by atoms with E-state index in [0.717, 1.165) is 5.56 Å². The van der Waals surface area contributed by atoms with Crippen LogP contribution < -0.4 is 10.5 Å². The third-order valence-electron chi connectivity index (χ3n) is 4.19. The maximum absolute atomic E-state index is 12.6. The topological polar surface area (TPSA) is 94.6 Å². The van der Waals surface area contributed by atoms with Gasteiger partial charge in [0.1, 0.15) is 29.8 Å². The number of carbonyl (C=O) groups is 1. The molecule has 2 N–H and O–H groups in total. The van der Waals surface area contributed by atoms with E-state index in [9.17, 15) is 10.1 Å². The molecule has 0 fully saturated rings. The van der Waals surface area contributed by atoms with Gasteiger partial charge >= 0.3 is 5.97 Å². The average molecular weight is 378 g/mol. The second-order valence-electron chi connectivity index (χ2n) is 5.97. The highest BCUT2D eigenvalue weighted by molar-refractivity contribution is 5.92. The number of allylic oxidation sites excluding steroid dienone is 3. The van der Waals surface area contributed by atoms with Crippen molar-refractivity contribution >= 4 is 5.97 Å². The summed E-state index contributed by atoms with van der Waals surface area (Å²) in [5.74, 6) is 2.05. The number of carbonyl (C=O) groups excluding carboxylic acids is 1. The standard InChI is InChI=1S/C22H22N2O4/c1-5-8-15-12-16(9-10-18(15)27-11-6-2)20-17(13-23)21(24)28-14(4)19(20)22(25)26-7-3/h2,5,9-10,12,20H,1,7-8,11,24H2,3-4H3. The van der Waals surface area contributed by atoms with Crippen molar-refractivity contribution in [2.45, 2.75) is 26.2 Å². The van der Waals surface area contributed by atoms with Gasteiger partial charge in [0, 0.05) is 0 Å². The van der Waals surface area contributed by atoms with Gasteiger partial charge in [-0.05, 0) is 37.5 Å². The summed E-state index contributed by atoms with van der Waals surface area (Å²) in [6.07, 6.45) is 7.53. The molecule has 1 aromatic carbocycles. The number of ether oxygens (including phenoxy) is 3. The van der Waals surface area contributed by atoms with Crippen LogP contribution in [0.25, 0.3) is 0 Å². The Morgan fingerprint density at radius 2 is 2.25 bits per heavy atom. The Morgan fingerprint density at radius 1 is 1.50 bits per heavy atom. The fraction of sp³-hybridized carbons (Fsp3) is 0.273. The molecule has 1 aliphatic rings. The Labute approximate surface area is 164 Å². The Hall–Kier alpha value is -3.64. The number of rotatable bonds is 7. The summed E-state index contributed by atoms with van der Waals surface area (Å²) in [6, 6.07) is 7.43. The van der Waals surface area contributed by atoms with Crippen molar-refractivity contribution in [3.05, 3.63) is 64.8 Å². The van der Waals surface area contributed by atoms with Crippen molar-refractivity contribution in [2.75, 3.05) is 13.2 Å². The molecule has 0 spiro atoms. The SMILES string of the molecule is C#CCOc1ccc(C2C(C#N)=C(N)OC(C)=C2C(=O)OCC)cc1CC=C. The average Bonchev–Trinajstić information content (AvgIpc) is 2.66. The monoisotopic (exact) mass is 378 g/mol. The summed E-state index contributed by atoms with van der Waals surface area (Å²) in [7, 11) is 0. The van der Waals surface area contributed by atoms with Crippen molar-refractivity contribution in [1.82, 2.24) is 0 Å². The molecule has 0 radical (unpaired) electrons. The van der Waals surface area contributed by atoms with Crippen LogP contribution in [-0.2, 0) is 20.7 Å². The van der Waals surface area contributed by atoms with Gasteiger partial charge in [0.15, 0.2) is 0 Å². The number of benzene rings is 1. The molecular weight excluding hydrogens is 356 g/mol. The summed E-state index contributed by atoms with van der Waals surface area (Å²) >= 11 is 0. The highest BCUT2D eigenvalue weighted by Gasteiger charge is 2.36. The third kappa shape index (κ3) is 4.19. The minimum atomic E-state index is -0.706. The van der Waals surface area contributed by atoms with E-state index in [2.05, 4.69) is 18.6 Å². The van der Waals surface area contributed by atoms with E-state index in [4.69, 9.17) is 26.4 Å². The molecular formula is C22H22N2O4. The van der Waals surface area contributed by atoms with Gasteiger partial charge in [-0.1, -0.05) is 24.1 Å². The summed E-state index contributed by atoms with van der Waals surface area (Å²) in [4.78, 5) is 12.6. The van der Waals surface area contributed by atoms with Crippen LogP contribution >= 0.6 is 0 Å². The van der Waals surface area contributed by atoms with Gasteiger partial charge in [0.25, 0.3) is 0 Å².